The fourth-order valence-corrected chi connectivity index (χ4v) is 1.81. The maximum atomic E-state index is 12.9. The maximum Gasteiger partial charge on any atom is 0.420 e. The largest absolute Gasteiger partial charge is 0.457 e. The van der Waals surface area contributed by atoms with E-state index in [9.17, 15) is 13.2 Å². The fourth-order valence-electron chi connectivity index (χ4n) is 1.81. The molecule has 2 rings (SSSR count). The molecule has 2 aromatic rings. The summed E-state index contributed by atoms with van der Waals surface area (Å²) in [6.07, 6.45) is -3.72. The molecule has 0 aliphatic carbocycles. The van der Waals surface area contributed by atoms with Crippen molar-refractivity contribution in [1.29, 1.82) is 0 Å². The number of anilines is 1. The molecule has 0 heterocycles. The second-order valence-electron chi connectivity index (χ2n) is 4.36. The van der Waals surface area contributed by atoms with Gasteiger partial charge in [-0.1, -0.05) is 19.1 Å². The van der Waals surface area contributed by atoms with Crippen molar-refractivity contribution < 1.29 is 17.9 Å². The number of hydrogen-bond acceptors (Lipinski definition) is 2. The molecule has 0 aromatic heterocycles. The van der Waals surface area contributed by atoms with E-state index in [0.29, 0.717) is 5.75 Å². The molecule has 0 atom stereocenters. The third-order valence-corrected chi connectivity index (χ3v) is 2.84. The summed E-state index contributed by atoms with van der Waals surface area (Å²) in [5, 5.41) is 0. The molecule has 2 N–H and O–H groups in total. The number of aryl methyl sites for hydroxylation is 1. The molecule has 2 nitrogen and oxygen atoms in total. The molecule has 0 radical (unpaired) electrons. The maximum absolute atomic E-state index is 12.9. The first-order chi connectivity index (χ1) is 9.40. The molecule has 2 aromatic carbocycles. The van der Waals surface area contributed by atoms with Crippen LogP contribution in [0.15, 0.2) is 42.5 Å². The Bertz CT molecular complexity index is 608. The molecular formula is C15H14F3NO. The van der Waals surface area contributed by atoms with Crippen LogP contribution in [0.25, 0.3) is 0 Å². The van der Waals surface area contributed by atoms with E-state index < -0.39 is 11.7 Å². The molecule has 0 aliphatic heterocycles. The van der Waals surface area contributed by atoms with Crippen LogP contribution in [-0.4, -0.2) is 0 Å². The van der Waals surface area contributed by atoms with Gasteiger partial charge in [-0.3, -0.25) is 0 Å². The third kappa shape index (κ3) is 3.23. The van der Waals surface area contributed by atoms with Gasteiger partial charge in [0.25, 0.3) is 0 Å². The minimum Gasteiger partial charge on any atom is -0.457 e. The van der Waals surface area contributed by atoms with Crippen molar-refractivity contribution in [2.45, 2.75) is 19.5 Å². The number of rotatable bonds is 3. The smallest absolute Gasteiger partial charge is 0.420 e. The summed E-state index contributed by atoms with van der Waals surface area (Å²) in [7, 11) is 0. The topological polar surface area (TPSA) is 35.2 Å². The molecule has 0 spiro atoms. The molecular weight excluding hydrogens is 267 g/mol. The minimum absolute atomic E-state index is 0.0481. The first-order valence-electron chi connectivity index (χ1n) is 6.13. The predicted molar refractivity (Wildman–Crippen MR) is 71.8 cm³/mol. The Labute approximate surface area is 115 Å². The van der Waals surface area contributed by atoms with E-state index in [0.717, 1.165) is 18.1 Å². The van der Waals surface area contributed by atoms with Crippen molar-refractivity contribution in [2.75, 3.05) is 5.73 Å². The van der Waals surface area contributed by atoms with E-state index in [2.05, 4.69) is 0 Å². The van der Waals surface area contributed by atoms with Gasteiger partial charge in [0.2, 0.25) is 0 Å². The van der Waals surface area contributed by atoms with Gasteiger partial charge in [-0.05, 0) is 42.3 Å². The van der Waals surface area contributed by atoms with E-state index in [1.54, 1.807) is 18.2 Å². The Morgan fingerprint density at radius 2 is 1.85 bits per heavy atom. The highest BCUT2D eigenvalue weighted by Gasteiger charge is 2.34. The number of benzene rings is 2. The van der Waals surface area contributed by atoms with Gasteiger partial charge < -0.3 is 10.5 Å². The number of nitrogens with two attached hydrogens (primary N) is 1. The summed E-state index contributed by atoms with van der Waals surface area (Å²) in [5.41, 5.74) is 5.57. The molecule has 0 bridgehead atoms. The van der Waals surface area contributed by atoms with Crippen molar-refractivity contribution in [3.8, 4) is 11.5 Å². The number of halogens is 3. The Morgan fingerprint density at radius 3 is 2.50 bits per heavy atom. The molecule has 106 valence electrons. The number of alkyl halides is 3. The number of ether oxygens (including phenoxy) is 1. The van der Waals surface area contributed by atoms with Crippen LogP contribution in [0.2, 0.25) is 0 Å². The predicted octanol–water partition coefficient (Wildman–Crippen LogP) is 4.64. The SMILES string of the molecule is CCc1cccc(Oc2ccc(N)cc2C(F)(F)F)c1. The minimum atomic E-state index is -4.51. The zero-order valence-electron chi connectivity index (χ0n) is 10.9. The van der Waals surface area contributed by atoms with Gasteiger partial charge in [-0.25, -0.2) is 0 Å². The lowest BCUT2D eigenvalue weighted by molar-refractivity contribution is -0.138. The van der Waals surface area contributed by atoms with Gasteiger partial charge in [-0.2, -0.15) is 13.2 Å². The van der Waals surface area contributed by atoms with Crippen molar-refractivity contribution in [1.82, 2.24) is 0 Å². The average molecular weight is 281 g/mol. The van der Waals surface area contributed by atoms with Crippen LogP contribution in [0.1, 0.15) is 18.1 Å². The highest BCUT2D eigenvalue weighted by atomic mass is 19.4. The van der Waals surface area contributed by atoms with Gasteiger partial charge >= 0.3 is 6.18 Å². The first-order valence-corrected chi connectivity index (χ1v) is 6.13. The second kappa shape index (κ2) is 5.45. The monoisotopic (exact) mass is 281 g/mol. The van der Waals surface area contributed by atoms with E-state index in [1.165, 1.54) is 12.1 Å². The fraction of sp³-hybridized carbons (Fsp3) is 0.200. The lowest BCUT2D eigenvalue weighted by Gasteiger charge is -2.14. The highest BCUT2D eigenvalue weighted by Crippen LogP contribution is 2.39. The van der Waals surface area contributed by atoms with Crippen LogP contribution in [0.3, 0.4) is 0 Å². The van der Waals surface area contributed by atoms with Crippen molar-refractivity contribution >= 4 is 5.69 Å². The number of hydrogen-bond donors (Lipinski definition) is 1. The van der Waals surface area contributed by atoms with Crippen molar-refractivity contribution in [3.05, 3.63) is 53.6 Å². The number of nitrogen functional groups attached to an aromatic ring is 1. The van der Waals surface area contributed by atoms with Gasteiger partial charge in [0.15, 0.2) is 0 Å². The molecule has 5 heteroatoms. The van der Waals surface area contributed by atoms with Crippen LogP contribution < -0.4 is 10.5 Å². The second-order valence-corrected chi connectivity index (χ2v) is 4.36. The summed E-state index contributed by atoms with van der Waals surface area (Å²) < 4.78 is 44.2. The van der Waals surface area contributed by atoms with Gasteiger partial charge in [0.1, 0.15) is 17.1 Å². The van der Waals surface area contributed by atoms with Crippen LogP contribution in [0.5, 0.6) is 11.5 Å². The standard InChI is InChI=1S/C15H14F3NO/c1-2-10-4-3-5-12(8-10)20-14-7-6-11(19)9-13(14)15(16,17)18/h3-9H,2,19H2,1H3. The lowest BCUT2D eigenvalue weighted by atomic mass is 10.1. The van der Waals surface area contributed by atoms with E-state index in [4.69, 9.17) is 10.5 Å². The van der Waals surface area contributed by atoms with Gasteiger partial charge in [0, 0.05) is 5.69 Å². The van der Waals surface area contributed by atoms with Crippen LogP contribution >= 0.6 is 0 Å². The molecule has 0 amide bonds. The van der Waals surface area contributed by atoms with Crippen molar-refractivity contribution in [3.63, 3.8) is 0 Å². The van der Waals surface area contributed by atoms with Crippen LogP contribution in [0, 0.1) is 0 Å². The molecule has 0 saturated carbocycles. The van der Waals surface area contributed by atoms with E-state index in [-0.39, 0.29) is 11.4 Å². The molecule has 0 unspecified atom stereocenters. The summed E-state index contributed by atoms with van der Waals surface area (Å²) in [4.78, 5) is 0. The molecule has 0 fully saturated rings. The third-order valence-electron chi connectivity index (χ3n) is 2.84. The van der Waals surface area contributed by atoms with Crippen LogP contribution in [0.4, 0.5) is 18.9 Å². The van der Waals surface area contributed by atoms with E-state index >= 15 is 0 Å². The summed E-state index contributed by atoms with van der Waals surface area (Å²) in [5.74, 6) is 0.125. The normalized spacial score (nSPS) is 11.4. The Kier molecular flexibility index (Phi) is 3.88. The molecule has 20 heavy (non-hydrogen) atoms. The van der Waals surface area contributed by atoms with Gasteiger partial charge in [0.05, 0.1) is 0 Å². The molecule has 0 saturated heterocycles. The molecule has 0 aliphatic rings. The van der Waals surface area contributed by atoms with E-state index in [1.807, 2.05) is 13.0 Å². The zero-order chi connectivity index (χ0) is 14.8. The van der Waals surface area contributed by atoms with Crippen molar-refractivity contribution in [2.24, 2.45) is 0 Å². The summed E-state index contributed by atoms with van der Waals surface area (Å²) >= 11 is 0. The lowest BCUT2D eigenvalue weighted by Crippen LogP contribution is -2.08. The Morgan fingerprint density at radius 1 is 1.10 bits per heavy atom. The Balaban J connectivity index is 2.38. The zero-order valence-corrected chi connectivity index (χ0v) is 10.9. The summed E-state index contributed by atoms with van der Waals surface area (Å²) in [6, 6.07) is 10.5. The Hall–Kier alpha value is -2.17. The highest BCUT2D eigenvalue weighted by molar-refractivity contribution is 5.50. The van der Waals surface area contributed by atoms with Gasteiger partial charge in [-0.15, -0.1) is 0 Å². The first kappa shape index (κ1) is 14.2. The quantitative estimate of drug-likeness (QED) is 0.832. The average Bonchev–Trinajstić information content (AvgIpc) is 2.40. The summed E-state index contributed by atoms with van der Waals surface area (Å²) in [6.45, 7) is 1.96. The van der Waals surface area contributed by atoms with Crippen LogP contribution in [-0.2, 0) is 12.6 Å².